The van der Waals surface area contributed by atoms with Gasteiger partial charge in [-0.2, -0.15) is 0 Å². The van der Waals surface area contributed by atoms with E-state index < -0.39 is 0 Å². The number of allylic oxidation sites excluding steroid dienone is 1. The van der Waals surface area contributed by atoms with Crippen LogP contribution < -0.4 is 5.32 Å². The number of hydrogen-bond donors (Lipinski definition) is 1. The van der Waals surface area contributed by atoms with Crippen LogP contribution in [0.2, 0.25) is 0 Å². The van der Waals surface area contributed by atoms with Gasteiger partial charge in [0.2, 0.25) is 0 Å². The van der Waals surface area contributed by atoms with E-state index in [4.69, 9.17) is 0 Å². The molecule has 0 aliphatic heterocycles. The van der Waals surface area contributed by atoms with E-state index in [2.05, 4.69) is 34.2 Å². The molecule has 1 aliphatic rings. The highest BCUT2D eigenvalue weighted by atomic mass is 79.9. The van der Waals surface area contributed by atoms with Gasteiger partial charge < -0.3 is 5.32 Å². The van der Waals surface area contributed by atoms with Crippen molar-refractivity contribution in [3.8, 4) is 0 Å². The Morgan fingerprint density at radius 2 is 2.55 bits per heavy atom. The quantitative estimate of drug-likeness (QED) is 0.715. The molecule has 0 fully saturated rings. The third kappa shape index (κ3) is 2.96. The third-order valence-corrected chi connectivity index (χ3v) is 2.93. The lowest BCUT2D eigenvalue weighted by atomic mass is 10.2. The summed E-state index contributed by atoms with van der Waals surface area (Å²) in [5, 5.41) is 3.52. The molecule has 1 atom stereocenters. The summed E-state index contributed by atoms with van der Waals surface area (Å²) in [5.41, 5.74) is 0. The molecule has 1 unspecified atom stereocenters. The molecule has 0 aromatic rings. The summed E-state index contributed by atoms with van der Waals surface area (Å²) in [6.45, 7) is 3.38. The van der Waals surface area contributed by atoms with Gasteiger partial charge in [0.25, 0.3) is 0 Å². The van der Waals surface area contributed by atoms with Crippen LogP contribution in [0.4, 0.5) is 0 Å². The Labute approximate surface area is 77.4 Å². The molecule has 0 aromatic carbocycles. The van der Waals surface area contributed by atoms with Gasteiger partial charge in [-0.05, 0) is 25.8 Å². The Morgan fingerprint density at radius 1 is 1.73 bits per heavy atom. The van der Waals surface area contributed by atoms with Gasteiger partial charge in [0, 0.05) is 10.5 Å². The van der Waals surface area contributed by atoms with Crippen molar-refractivity contribution < 1.29 is 0 Å². The van der Waals surface area contributed by atoms with E-state index in [9.17, 15) is 0 Å². The van der Waals surface area contributed by atoms with E-state index in [1.54, 1.807) is 0 Å². The number of halogens is 1. The van der Waals surface area contributed by atoms with Crippen LogP contribution in [0.1, 0.15) is 32.6 Å². The largest absolute Gasteiger partial charge is 0.309 e. The molecule has 0 aromatic heterocycles. The van der Waals surface area contributed by atoms with Crippen LogP contribution in [0.3, 0.4) is 0 Å². The second-order valence-corrected chi connectivity index (χ2v) is 3.94. The Balaban J connectivity index is 2.12. The fraction of sp³-hybridized carbons (Fsp3) is 0.778. The SMILES string of the molecule is CCCCNC1CCC=C1Br. The summed E-state index contributed by atoms with van der Waals surface area (Å²) in [5.74, 6) is 0. The summed E-state index contributed by atoms with van der Waals surface area (Å²) in [6.07, 6.45) is 7.33. The lowest BCUT2D eigenvalue weighted by Gasteiger charge is -2.12. The first kappa shape index (κ1) is 9.27. The summed E-state index contributed by atoms with van der Waals surface area (Å²) in [7, 11) is 0. The van der Waals surface area contributed by atoms with Gasteiger partial charge in [-0.1, -0.05) is 35.4 Å². The molecule has 1 rings (SSSR count). The fourth-order valence-corrected chi connectivity index (χ4v) is 1.94. The van der Waals surface area contributed by atoms with Crippen LogP contribution in [0.5, 0.6) is 0 Å². The molecule has 0 saturated carbocycles. The van der Waals surface area contributed by atoms with Crippen molar-refractivity contribution in [1.29, 1.82) is 0 Å². The van der Waals surface area contributed by atoms with Gasteiger partial charge in [0.15, 0.2) is 0 Å². The molecule has 0 spiro atoms. The second-order valence-electron chi connectivity index (χ2n) is 3.03. The number of nitrogens with one attached hydrogen (secondary N) is 1. The molecule has 0 radical (unpaired) electrons. The first-order valence-corrected chi connectivity index (χ1v) is 5.23. The van der Waals surface area contributed by atoms with Crippen LogP contribution >= 0.6 is 15.9 Å². The highest BCUT2D eigenvalue weighted by Gasteiger charge is 2.14. The first-order chi connectivity index (χ1) is 5.34. The third-order valence-electron chi connectivity index (χ3n) is 2.05. The van der Waals surface area contributed by atoms with Crippen molar-refractivity contribution in [3.05, 3.63) is 10.6 Å². The highest BCUT2D eigenvalue weighted by Crippen LogP contribution is 2.23. The lowest BCUT2D eigenvalue weighted by molar-refractivity contribution is 0.559. The summed E-state index contributed by atoms with van der Waals surface area (Å²) in [4.78, 5) is 0. The van der Waals surface area contributed by atoms with Crippen LogP contribution in [0.15, 0.2) is 10.6 Å². The van der Waals surface area contributed by atoms with Gasteiger partial charge >= 0.3 is 0 Å². The maximum Gasteiger partial charge on any atom is 0.0386 e. The van der Waals surface area contributed by atoms with Gasteiger partial charge in [-0.15, -0.1) is 0 Å². The van der Waals surface area contributed by atoms with Crippen molar-refractivity contribution in [2.24, 2.45) is 0 Å². The predicted octanol–water partition coefficient (Wildman–Crippen LogP) is 2.82. The van der Waals surface area contributed by atoms with E-state index in [1.807, 2.05) is 0 Å². The minimum Gasteiger partial charge on any atom is -0.309 e. The molecule has 1 N–H and O–H groups in total. The van der Waals surface area contributed by atoms with Gasteiger partial charge in [-0.25, -0.2) is 0 Å². The van der Waals surface area contributed by atoms with Crippen molar-refractivity contribution in [3.63, 3.8) is 0 Å². The number of rotatable bonds is 4. The van der Waals surface area contributed by atoms with Crippen molar-refractivity contribution in [1.82, 2.24) is 5.32 Å². The van der Waals surface area contributed by atoms with Crippen LogP contribution in [-0.2, 0) is 0 Å². The molecular formula is C9H16BrN. The molecule has 0 amide bonds. The first-order valence-electron chi connectivity index (χ1n) is 4.43. The van der Waals surface area contributed by atoms with E-state index in [0.717, 1.165) is 6.54 Å². The van der Waals surface area contributed by atoms with Gasteiger partial charge in [0.1, 0.15) is 0 Å². The summed E-state index contributed by atoms with van der Waals surface area (Å²) < 4.78 is 1.36. The van der Waals surface area contributed by atoms with Crippen molar-refractivity contribution in [2.75, 3.05) is 6.54 Å². The van der Waals surface area contributed by atoms with Gasteiger partial charge in [0.05, 0.1) is 0 Å². The zero-order valence-electron chi connectivity index (χ0n) is 7.07. The molecule has 0 bridgehead atoms. The zero-order chi connectivity index (χ0) is 8.10. The standard InChI is InChI=1S/C9H16BrN/c1-2-3-7-11-9-6-4-5-8(9)10/h5,9,11H,2-4,6-7H2,1H3. The minimum absolute atomic E-state index is 0.613. The average molecular weight is 218 g/mol. The Morgan fingerprint density at radius 3 is 3.09 bits per heavy atom. The molecule has 1 aliphatic carbocycles. The maximum absolute atomic E-state index is 3.56. The van der Waals surface area contributed by atoms with Gasteiger partial charge in [-0.3, -0.25) is 0 Å². The smallest absolute Gasteiger partial charge is 0.0386 e. The highest BCUT2D eigenvalue weighted by molar-refractivity contribution is 9.11. The Kier molecular flexibility index (Phi) is 4.16. The topological polar surface area (TPSA) is 12.0 Å². The van der Waals surface area contributed by atoms with E-state index >= 15 is 0 Å². The van der Waals surface area contributed by atoms with Crippen molar-refractivity contribution >= 4 is 15.9 Å². The molecule has 64 valence electrons. The van der Waals surface area contributed by atoms with E-state index in [1.165, 1.54) is 30.2 Å². The summed E-state index contributed by atoms with van der Waals surface area (Å²) >= 11 is 3.56. The molecule has 0 saturated heterocycles. The lowest BCUT2D eigenvalue weighted by Crippen LogP contribution is -2.27. The number of unbranched alkanes of at least 4 members (excludes halogenated alkanes) is 1. The van der Waals surface area contributed by atoms with E-state index in [-0.39, 0.29) is 0 Å². The molecule has 0 heterocycles. The number of hydrogen-bond acceptors (Lipinski definition) is 1. The predicted molar refractivity (Wildman–Crippen MR) is 52.9 cm³/mol. The van der Waals surface area contributed by atoms with Crippen molar-refractivity contribution in [2.45, 2.75) is 38.6 Å². The van der Waals surface area contributed by atoms with Crippen LogP contribution in [-0.4, -0.2) is 12.6 Å². The van der Waals surface area contributed by atoms with Crippen LogP contribution in [0, 0.1) is 0 Å². The average Bonchev–Trinajstić information content (AvgIpc) is 2.37. The monoisotopic (exact) mass is 217 g/mol. The molecule has 1 nitrogen and oxygen atoms in total. The molecule has 2 heteroatoms. The Hall–Kier alpha value is 0.180. The fourth-order valence-electron chi connectivity index (χ4n) is 1.32. The summed E-state index contributed by atoms with van der Waals surface area (Å²) in [6, 6.07) is 0.613. The molecular weight excluding hydrogens is 202 g/mol. The normalized spacial score (nSPS) is 23.8. The minimum atomic E-state index is 0.613. The second kappa shape index (κ2) is 4.94. The Bertz CT molecular complexity index is 142. The van der Waals surface area contributed by atoms with E-state index in [0.29, 0.717) is 6.04 Å². The maximum atomic E-state index is 3.56. The molecule has 11 heavy (non-hydrogen) atoms. The van der Waals surface area contributed by atoms with Crippen LogP contribution in [0.25, 0.3) is 0 Å². The zero-order valence-corrected chi connectivity index (χ0v) is 8.65.